The Morgan fingerprint density at radius 2 is 1.96 bits per heavy atom. The molecule has 1 saturated heterocycles. The lowest BCUT2D eigenvalue weighted by molar-refractivity contribution is 0.148. The molecule has 138 valence electrons. The molecule has 0 aliphatic carbocycles. The van der Waals surface area contributed by atoms with Crippen LogP contribution in [0, 0.1) is 11.6 Å². The first-order valence-electron chi connectivity index (χ1n) is 8.69. The van der Waals surface area contributed by atoms with Crippen molar-refractivity contribution in [3.8, 4) is 11.1 Å². The third-order valence-corrected chi connectivity index (χ3v) is 4.68. The molecule has 2 aromatic rings. The normalized spacial score (nSPS) is 19.3. The molecule has 1 unspecified atom stereocenters. The second kappa shape index (κ2) is 7.83. The second-order valence-electron chi connectivity index (χ2n) is 6.81. The van der Waals surface area contributed by atoms with Gasteiger partial charge in [-0.15, -0.1) is 0 Å². The van der Waals surface area contributed by atoms with Gasteiger partial charge < -0.3 is 10.1 Å². The fraction of sp³-hybridized carbons (Fsp3) is 0.350. The Kier molecular flexibility index (Phi) is 5.52. The van der Waals surface area contributed by atoms with E-state index in [2.05, 4.69) is 17.6 Å². The predicted octanol–water partition coefficient (Wildman–Crippen LogP) is 4.71. The number of carbonyl (C=O) groups excluding carboxylic acids is 1. The summed E-state index contributed by atoms with van der Waals surface area (Å²) in [6.45, 7) is 3.40. The topological polar surface area (TPSA) is 50.4 Å². The second-order valence-corrected chi connectivity index (χ2v) is 6.81. The standard InChI is InChI=1S/C20H22F2N2O2/c1-20(7-4-9-23-20)8-10-26-19(25)24-18-6-3-2-5-17(18)14-11-15(21)13-16(22)12-14/h2-3,5-6,11-13,23H,4,7-10H2,1H3,(H,24,25). The molecule has 0 radical (unpaired) electrons. The first-order chi connectivity index (χ1) is 12.5. The molecule has 3 rings (SSSR count). The van der Waals surface area contributed by atoms with E-state index in [-0.39, 0.29) is 5.54 Å². The molecule has 4 nitrogen and oxygen atoms in total. The van der Waals surface area contributed by atoms with Gasteiger partial charge in [-0.1, -0.05) is 18.2 Å². The Hall–Kier alpha value is -2.47. The summed E-state index contributed by atoms with van der Waals surface area (Å²) in [5, 5.41) is 6.07. The van der Waals surface area contributed by atoms with Crippen molar-refractivity contribution >= 4 is 11.8 Å². The maximum atomic E-state index is 13.5. The van der Waals surface area contributed by atoms with E-state index >= 15 is 0 Å². The minimum atomic E-state index is -0.672. The van der Waals surface area contributed by atoms with Crippen LogP contribution in [0.25, 0.3) is 11.1 Å². The minimum Gasteiger partial charge on any atom is -0.449 e. The molecular weight excluding hydrogens is 338 g/mol. The van der Waals surface area contributed by atoms with Crippen LogP contribution in [-0.2, 0) is 4.74 Å². The van der Waals surface area contributed by atoms with E-state index in [0.29, 0.717) is 23.4 Å². The molecule has 2 aromatic carbocycles. The van der Waals surface area contributed by atoms with Crippen LogP contribution in [0.1, 0.15) is 26.2 Å². The number of hydrogen-bond acceptors (Lipinski definition) is 3. The third kappa shape index (κ3) is 4.58. The van der Waals surface area contributed by atoms with Crippen molar-refractivity contribution in [3.05, 3.63) is 54.1 Å². The van der Waals surface area contributed by atoms with Crippen molar-refractivity contribution in [2.24, 2.45) is 0 Å². The summed E-state index contributed by atoms with van der Waals surface area (Å²) >= 11 is 0. The van der Waals surface area contributed by atoms with Gasteiger partial charge in [-0.05, 0) is 56.5 Å². The van der Waals surface area contributed by atoms with Gasteiger partial charge in [-0.2, -0.15) is 0 Å². The quantitative estimate of drug-likeness (QED) is 0.812. The van der Waals surface area contributed by atoms with Crippen LogP contribution in [0.15, 0.2) is 42.5 Å². The fourth-order valence-electron chi connectivity index (χ4n) is 3.24. The highest BCUT2D eigenvalue weighted by Crippen LogP contribution is 2.29. The lowest BCUT2D eigenvalue weighted by Crippen LogP contribution is -2.37. The highest BCUT2D eigenvalue weighted by atomic mass is 19.1. The zero-order chi connectivity index (χ0) is 18.6. The van der Waals surface area contributed by atoms with Crippen LogP contribution in [0.2, 0.25) is 0 Å². The molecule has 1 fully saturated rings. The van der Waals surface area contributed by atoms with Crippen LogP contribution < -0.4 is 10.6 Å². The lowest BCUT2D eigenvalue weighted by Gasteiger charge is -2.23. The minimum absolute atomic E-state index is 0.0112. The van der Waals surface area contributed by atoms with Crippen molar-refractivity contribution in [1.29, 1.82) is 0 Å². The molecule has 0 spiro atoms. The van der Waals surface area contributed by atoms with Crippen LogP contribution >= 0.6 is 0 Å². The first kappa shape index (κ1) is 18.3. The van der Waals surface area contributed by atoms with Crippen molar-refractivity contribution in [2.45, 2.75) is 31.7 Å². The van der Waals surface area contributed by atoms with Gasteiger partial charge in [0.2, 0.25) is 0 Å². The maximum Gasteiger partial charge on any atom is 0.411 e. The summed E-state index contributed by atoms with van der Waals surface area (Å²) in [5.74, 6) is -1.34. The Morgan fingerprint density at radius 1 is 1.23 bits per heavy atom. The Labute approximate surface area is 151 Å². The van der Waals surface area contributed by atoms with Gasteiger partial charge in [-0.3, -0.25) is 5.32 Å². The predicted molar refractivity (Wildman–Crippen MR) is 97.0 cm³/mol. The summed E-state index contributed by atoms with van der Waals surface area (Å²) in [4.78, 5) is 12.1. The first-order valence-corrected chi connectivity index (χ1v) is 8.69. The number of anilines is 1. The Balaban J connectivity index is 1.65. The van der Waals surface area contributed by atoms with Crippen LogP contribution in [0.3, 0.4) is 0 Å². The van der Waals surface area contributed by atoms with E-state index in [4.69, 9.17) is 4.74 Å². The third-order valence-electron chi connectivity index (χ3n) is 4.68. The number of nitrogens with one attached hydrogen (secondary N) is 2. The summed E-state index contributed by atoms with van der Waals surface area (Å²) < 4.78 is 32.3. The summed E-state index contributed by atoms with van der Waals surface area (Å²) in [7, 11) is 0. The Bertz CT molecular complexity index is 769. The highest BCUT2D eigenvalue weighted by molar-refractivity contribution is 5.91. The van der Waals surface area contributed by atoms with Gasteiger partial charge in [-0.25, -0.2) is 13.6 Å². The molecule has 6 heteroatoms. The van der Waals surface area contributed by atoms with Gasteiger partial charge in [0, 0.05) is 17.2 Å². The largest absolute Gasteiger partial charge is 0.449 e. The number of benzene rings is 2. The highest BCUT2D eigenvalue weighted by Gasteiger charge is 2.27. The fourth-order valence-corrected chi connectivity index (χ4v) is 3.24. The van der Waals surface area contributed by atoms with Crippen molar-refractivity contribution in [3.63, 3.8) is 0 Å². The van der Waals surface area contributed by atoms with Gasteiger partial charge in [0.05, 0.1) is 12.3 Å². The number of para-hydroxylation sites is 1. The van der Waals surface area contributed by atoms with Crippen molar-refractivity contribution in [2.75, 3.05) is 18.5 Å². The summed E-state index contributed by atoms with van der Waals surface area (Å²) in [6, 6.07) is 10.1. The van der Waals surface area contributed by atoms with Crippen LogP contribution in [0.4, 0.5) is 19.3 Å². The van der Waals surface area contributed by atoms with Crippen molar-refractivity contribution < 1.29 is 18.3 Å². The molecule has 2 N–H and O–H groups in total. The van der Waals surface area contributed by atoms with Crippen LogP contribution in [0.5, 0.6) is 0 Å². The summed E-state index contributed by atoms with van der Waals surface area (Å²) in [5.41, 5.74) is 1.32. The molecule has 0 bridgehead atoms. The van der Waals surface area contributed by atoms with Gasteiger partial charge in [0.1, 0.15) is 11.6 Å². The number of rotatable bonds is 5. The number of halogens is 2. The Morgan fingerprint density at radius 3 is 2.65 bits per heavy atom. The average Bonchev–Trinajstić information content (AvgIpc) is 3.01. The van der Waals surface area contributed by atoms with E-state index in [0.717, 1.165) is 31.9 Å². The molecule has 1 amide bonds. The van der Waals surface area contributed by atoms with Crippen LogP contribution in [-0.4, -0.2) is 24.8 Å². The molecule has 1 heterocycles. The van der Waals surface area contributed by atoms with Gasteiger partial charge in [0.15, 0.2) is 0 Å². The summed E-state index contributed by atoms with van der Waals surface area (Å²) in [6.07, 6.45) is 2.33. The molecule has 0 saturated carbocycles. The van der Waals surface area contributed by atoms with E-state index < -0.39 is 17.7 Å². The molecule has 0 aromatic heterocycles. The zero-order valence-corrected chi connectivity index (χ0v) is 14.6. The number of amides is 1. The van der Waals surface area contributed by atoms with E-state index in [1.807, 2.05) is 0 Å². The molecule has 1 aliphatic heterocycles. The molecular formula is C20H22F2N2O2. The smallest absolute Gasteiger partial charge is 0.411 e. The van der Waals surface area contributed by atoms with Gasteiger partial charge >= 0.3 is 6.09 Å². The average molecular weight is 360 g/mol. The number of carbonyl (C=O) groups is 1. The van der Waals surface area contributed by atoms with Gasteiger partial charge in [0.25, 0.3) is 0 Å². The van der Waals surface area contributed by atoms with Crippen molar-refractivity contribution in [1.82, 2.24) is 5.32 Å². The van der Waals surface area contributed by atoms with E-state index in [1.165, 1.54) is 12.1 Å². The monoisotopic (exact) mass is 360 g/mol. The molecule has 1 aliphatic rings. The number of hydrogen-bond donors (Lipinski definition) is 2. The molecule has 26 heavy (non-hydrogen) atoms. The number of ether oxygens (including phenoxy) is 1. The molecule has 1 atom stereocenters. The SMILES string of the molecule is CC1(CCOC(=O)Nc2ccccc2-c2cc(F)cc(F)c2)CCCN1. The zero-order valence-electron chi connectivity index (χ0n) is 14.6. The van der Waals surface area contributed by atoms with E-state index in [1.54, 1.807) is 24.3 Å². The van der Waals surface area contributed by atoms with E-state index in [9.17, 15) is 13.6 Å². The lowest BCUT2D eigenvalue weighted by atomic mass is 9.97. The maximum absolute atomic E-state index is 13.5.